The van der Waals surface area contributed by atoms with Crippen LogP contribution in [0.1, 0.15) is 37.8 Å². The maximum atomic E-state index is 13.4. The second-order valence-corrected chi connectivity index (χ2v) is 10.7. The van der Waals surface area contributed by atoms with E-state index in [4.69, 9.17) is 9.47 Å². The van der Waals surface area contributed by atoms with Gasteiger partial charge in [0.25, 0.3) is 12.3 Å². The van der Waals surface area contributed by atoms with Gasteiger partial charge in [0.15, 0.2) is 11.4 Å². The van der Waals surface area contributed by atoms with Gasteiger partial charge in [0, 0.05) is 11.1 Å². The van der Waals surface area contributed by atoms with E-state index in [2.05, 4.69) is 28.1 Å². The van der Waals surface area contributed by atoms with Crippen molar-refractivity contribution in [3.63, 3.8) is 0 Å². The maximum Gasteiger partial charge on any atom is 0.437 e. The zero-order valence-corrected chi connectivity index (χ0v) is 24.8. The second kappa shape index (κ2) is 17.3. The number of hydrogen-bond acceptors (Lipinski definition) is 12. The first-order valence-corrected chi connectivity index (χ1v) is 14.9. The lowest BCUT2D eigenvalue weighted by Gasteiger charge is -2.15. The Morgan fingerprint density at radius 3 is 1.73 bits per heavy atom. The van der Waals surface area contributed by atoms with Crippen molar-refractivity contribution in [2.45, 2.75) is 45.1 Å². The quantitative estimate of drug-likeness (QED) is 0.0520. The molecule has 11 nitrogen and oxygen atoms in total. The van der Waals surface area contributed by atoms with E-state index in [-0.39, 0.29) is 55.6 Å². The van der Waals surface area contributed by atoms with E-state index in [9.17, 15) is 39.9 Å². The highest BCUT2D eigenvalue weighted by molar-refractivity contribution is 7.89. The van der Waals surface area contributed by atoms with Crippen molar-refractivity contribution in [2.75, 3.05) is 25.6 Å². The Morgan fingerprint density at radius 1 is 0.818 bits per heavy atom. The summed E-state index contributed by atoms with van der Waals surface area (Å²) in [6.45, 7) is 2.79. The molecule has 0 saturated heterocycles. The second-order valence-electron chi connectivity index (χ2n) is 8.57. The topological polar surface area (TPSA) is 134 Å². The molecule has 0 fully saturated rings. The lowest BCUT2D eigenvalue weighted by molar-refractivity contribution is -0.196. The molecule has 0 bridgehead atoms. The van der Waals surface area contributed by atoms with Crippen LogP contribution in [0.25, 0.3) is 0 Å². The van der Waals surface area contributed by atoms with E-state index in [1.807, 2.05) is 0 Å². The Hall–Kier alpha value is -3.26. The highest BCUT2D eigenvalue weighted by Gasteiger charge is 2.39. The third-order valence-electron chi connectivity index (χ3n) is 4.90. The lowest BCUT2D eigenvalue weighted by atomic mass is 10.1. The van der Waals surface area contributed by atoms with Gasteiger partial charge in [-0.05, 0) is 61.4 Å². The molecule has 1 N–H and O–H groups in total. The van der Waals surface area contributed by atoms with Crippen LogP contribution in [0.3, 0.4) is 0 Å². The van der Waals surface area contributed by atoms with Crippen LogP contribution in [0.2, 0.25) is 0 Å². The van der Waals surface area contributed by atoms with E-state index in [0.717, 1.165) is 36.4 Å². The van der Waals surface area contributed by atoms with E-state index in [1.54, 1.807) is 6.92 Å². The Balaban J connectivity index is 1.93. The van der Waals surface area contributed by atoms with Crippen LogP contribution in [-0.4, -0.2) is 69.0 Å². The van der Waals surface area contributed by atoms with Crippen LogP contribution in [0.4, 0.5) is 26.3 Å². The Kier molecular flexibility index (Phi) is 14.5. The fraction of sp³-hybridized carbons (Fsp3) is 0.440. The summed E-state index contributed by atoms with van der Waals surface area (Å²) in [4.78, 5) is 4.59. The third-order valence-corrected chi connectivity index (χ3v) is 6.39. The number of aliphatic hydroxyl groups is 1. The normalized spacial score (nSPS) is 13.8. The fourth-order valence-corrected chi connectivity index (χ4v) is 3.97. The zero-order valence-electron chi connectivity index (χ0n) is 23.1. The molecule has 0 aliphatic carbocycles. The summed E-state index contributed by atoms with van der Waals surface area (Å²) in [7, 11) is -4.28. The molecule has 0 saturated carbocycles. The van der Waals surface area contributed by atoms with Crippen LogP contribution in [0, 0.1) is 0 Å². The molecule has 246 valence electrons. The SMILES string of the molecule is CCCOOSON=C(c1ccc(OCC(O)COc2ccc(C(=NOS(=O)(=O)CCC)C(F)(F)F)cc2)cc1)C(F)(F)F. The van der Waals surface area contributed by atoms with E-state index < -0.39 is 51.3 Å². The van der Waals surface area contributed by atoms with Gasteiger partial charge in [-0.2, -0.15) is 34.8 Å². The molecule has 0 heterocycles. The number of aliphatic hydroxyl groups excluding tert-OH is 1. The molecule has 0 aromatic heterocycles. The van der Waals surface area contributed by atoms with Crippen molar-refractivity contribution in [3.05, 3.63) is 59.7 Å². The monoisotopic (exact) mass is 678 g/mol. The van der Waals surface area contributed by atoms with E-state index in [1.165, 1.54) is 19.1 Å². The minimum absolute atomic E-state index is 0.0554. The molecule has 0 amide bonds. The lowest BCUT2D eigenvalue weighted by Crippen LogP contribution is -2.26. The fourth-order valence-electron chi connectivity index (χ4n) is 2.97. The number of rotatable bonds is 18. The smallest absolute Gasteiger partial charge is 0.437 e. The molecule has 19 heteroatoms. The van der Waals surface area contributed by atoms with Crippen LogP contribution in [-0.2, 0) is 27.9 Å². The minimum Gasteiger partial charge on any atom is -0.491 e. The number of nitrogens with zero attached hydrogens (tertiary/aromatic N) is 2. The highest BCUT2D eigenvalue weighted by Crippen LogP contribution is 2.26. The standard InChI is InChI=1S/C25H28F6N2O9S2/c1-3-13-39-42-43-40-32-22(24(26,27)28)17-5-9-20(10-6-17)37-15-19(34)16-38-21-11-7-18(8-12-21)23(25(29,30)31)33-41-44(35,36)14-4-2/h5-12,19,34H,3-4,13-16H2,1-2H3. The highest BCUT2D eigenvalue weighted by atomic mass is 32.2. The van der Waals surface area contributed by atoms with Gasteiger partial charge >= 0.3 is 22.5 Å². The molecule has 0 radical (unpaired) electrons. The Labute approximate surface area is 253 Å². The zero-order chi connectivity index (χ0) is 32.8. The molecule has 2 aromatic rings. The summed E-state index contributed by atoms with van der Waals surface area (Å²) < 4.78 is 127. The van der Waals surface area contributed by atoms with Crippen molar-refractivity contribution in [3.8, 4) is 11.5 Å². The molecule has 2 aromatic carbocycles. The molecular formula is C25H28F6N2O9S2. The Morgan fingerprint density at radius 2 is 1.30 bits per heavy atom. The van der Waals surface area contributed by atoms with Gasteiger partial charge in [0.05, 0.1) is 12.4 Å². The van der Waals surface area contributed by atoms with Gasteiger partial charge in [0.2, 0.25) is 0 Å². The molecule has 1 atom stereocenters. The molecular weight excluding hydrogens is 650 g/mol. The number of hydrogen-bond donors (Lipinski definition) is 1. The van der Waals surface area contributed by atoms with Gasteiger partial charge in [-0.25, -0.2) is 4.89 Å². The van der Waals surface area contributed by atoms with E-state index >= 15 is 0 Å². The third kappa shape index (κ3) is 13.2. The number of alkyl halides is 6. The van der Waals surface area contributed by atoms with Crippen LogP contribution in [0.5, 0.6) is 11.5 Å². The summed E-state index contributed by atoms with van der Waals surface area (Å²) in [5.41, 5.74) is -3.77. The van der Waals surface area contributed by atoms with Gasteiger partial charge in [0.1, 0.15) is 30.8 Å². The maximum absolute atomic E-state index is 13.4. The first-order valence-electron chi connectivity index (χ1n) is 12.6. The molecule has 0 spiro atoms. The van der Waals surface area contributed by atoms with E-state index in [0.29, 0.717) is 6.42 Å². The van der Waals surface area contributed by atoms with Crippen molar-refractivity contribution in [2.24, 2.45) is 10.3 Å². The molecule has 2 rings (SSSR count). The first kappa shape index (κ1) is 36.9. The summed E-state index contributed by atoms with van der Waals surface area (Å²) >= 11 is 0.107. The predicted octanol–water partition coefficient (Wildman–Crippen LogP) is 5.73. The summed E-state index contributed by atoms with van der Waals surface area (Å²) in [6.07, 6.45) is -10.4. The van der Waals surface area contributed by atoms with Crippen LogP contribution >= 0.6 is 12.3 Å². The summed E-state index contributed by atoms with van der Waals surface area (Å²) in [5.74, 6) is -0.354. The summed E-state index contributed by atoms with van der Waals surface area (Å²) in [5, 5.41) is 16.0. The number of ether oxygens (including phenoxy) is 2. The molecule has 1 unspecified atom stereocenters. The number of benzene rings is 2. The van der Waals surface area contributed by atoms with Crippen molar-refractivity contribution in [1.29, 1.82) is 0 Å². The van der Waals surface area contributed by atoms with Gasteiger partial charge in [-0.3, -0.25) is 8.57 Å². The van der Waals surface area contributed by atoms with Crippen LogP contribution < -0.4 is 9.47 Å². The number of oxime groups is 2. The molecule has 0 aliphatic rings. The number of halogens is 6. The van der Waals surface area contributed by atoms with Gasteiger partial charge < -0.3 is 14.6 Å². The predicted molar refractivity (Wildman–Crippen MR) is 146 cm³/mol. The Bertz CT molecular complexity index is 1320. The van der Waals surface area contributed by atoms with Crippen molar-refractivity contribution < 1.29 is 67.1 Å². The molecule has 44 heavy (non-hydrogen) atoms. The first-order chi connectivity index (χ1) is 20.7. The van der Waals surface area contributed by atoms with Gasteiger partial charge in [-0.15, -0.1) is 4.33 Å². The summed E-state index contributed by atoms with van der Waals surface area (Å²) in [6, 6.07) is 8.75. The van der Waals surface area contributed by atoms with Crippen molar-refractivity contribution in [1.82, 2.24) is 0 Å². The minimum atomic E-state index is -5.03. The van der Waals surface area contributed by atoms with Gasteiger partial charge in [-0.1, -0.05) is 24.2 Å². The molecule has 0 aliphatic heterocycles. The van der Waals surface area contributed by atoms with Crippen molar-refractivity contribution >= 4 is 33.9 Å². The average Bonchev–Trinajstić information content (AvgIpc) is 2.94. The average molecular weight is 679 g/mol. The largest absolute Gasteiger partial charge is 0.491 e. The van der Waals surface area contributed by atoms with Crippen LogP contribution in [0.15, 0.2) is 58.8 Å².